The lowest BCUT2D eigenvalue weighted by Gasteiger charge is -2.34. The van der Waals surface area contributed by atoms with E-state index in [9.17, 15) is 14.4 Å². The van der Waals surface area contributed by atoms with Crippen LogP contribution in [0, 0.1) is 0 Å². The van der Waals surface area contributed by atoms with Gasteiger partial charge in [-0.3, -0.25) is 14.4 Å². The molecule has 6 heteroatoms. The van der Waals surface area contributed by atoms with Gasteiger partial charge < -0.3 is 9.80 Å². The largest absolute Gasteiger partial charge is 0.339 e. The average Bonchev–Trinajstić information content (AvgIpc) is 3.31. The van der Waals surface area contributed by atoms with Gasteiger partial charge in [0.15, 0.2) is 5.78 Å². The Labute approximate surface area is 173 Å². The Morgan fingerprint density at radius 2 is 1.52 bits per heavy atom. The van der Waals surface area contributed by atoms with Crippen molar-refractivity contribution < 1.29 is 14.4 Å². The van der Waals surface area contributed by atoms with Crippen LogP contribution in [-0.2, 0) is 4.79 Å². The van der Waals surface area contributed by atoms with Crippen molar-refractivity contribution in [1.29, 1.82) is 0 Å². The van der Waals surface area contributed by atoms with E-state index < -0.39 is 0 Å². The molecule has 3 aromatic rings. The normalized spacial score (nSPS) is 14.2. The Morgan fingerprint density at radius 1 is 0.793 bits per heavy atom. The van der Waals surface area contributed by atoms with Crippen molar-refractivity contribution in [2.75, 3.05) is 26.2 Å². The van der Waals surface area contributed by atoms with Crippen LogP contribution in [0.5, 0.6) is 0 Å². The van der Waals surface area contributed by atoms with E-state index in [1.807, 2.05) is 60.0 Å². The summed E-state index contributed by atoms with van der Waals surface area (Å²) in [6.07, 6.45) is 0.399. The highest BCUT2D eigenvalue weighted by Gasteiger charge is 2.25. The average molecular weight is 407 g/mol. The molecule has 0 bridgehead atoms. The van der Waals surface area contributed by atoms with E-state index in [0.29, 0.717) is 31.7 Å². The number of piperazine rings is 1. The maximum atomic E-state index is 12.5. The first kappa shape index (κ1) is 19.3. The second kappa shape index (κ2) is 8.57. The predicted molar refractivity (Wildman–Crippen MR) is 114 cm³/mol. The van der Waals surface area contributed by atoms with Gasteiger partial charge in [-0.1, -0.05) is 42.5 Å². The van der Waals surface area contributed by atoms with Crippen LogP contribution >= 0.6 is 11.3 Å². The number of ketones is 1. The molecule has 2 aromatic carbocycles. The Balaban J connectivity index is 1.28. The fourth-order valence-corrected chi connectivity index (χ4v) is 4.29. The molecule has 5 nitrogen and oxygen atoms in total. The number of hydrogen-bond donors (Lipinski definition) is 0. The summed E-state index contributed by atoms with van der Waals surface area (Å²) in [6.45, 7) is 2.09. The predicted octanol–water partition coefficient (Wildman–Crippen LogP) is 3.85. The Kier molecular flexibility index (Phi) is 5.71. The maximum Gasteiger partial charge on any atom is 0.264 e. The molecule has 0 spiro atoms. The van der Waals surface area contributed by atoms with E-state index in [2.05, 4.69) is 0 Å². The highest BCUT2D eigenvalue weighted by molar-refractivity contribution is 7.12. The van der Waals surface area contributed by atoms with Crippen molar-refractivity contribution in [3.63, 3.8) is 0 Å². The third kappa shape index (κ3) is 4.38. The molecule has 29 heavy (non-hydrogen) atoms. The van der Waals surface area contributed by atoms with Gasteiger partial charge in [-0.05, 0) is 28.3 Å². The summed E-state index contributed by atoms with van der Waals surface area (Å²) in [5, 5.41) is 4.01. The lowest BCUT2D eigenvalue weighted by atomic mass is 10.0. The van der Waals surface area contributed by atoms with Gasteiger partial charge in [0, 0.05) is 44.6 Å². The standard InChI is InChI=1S/C23H22N2O3S/c26-20(19-8-7-17-4-1-2-5-18(17)16-19)9-10-22(27)24-11-13-25(14-12-24)23(28)21-6-3-15-29-21/h1-8,15-16H,9-14H2. The monoisotopic (exact) mass is 406 g/mol. The first-order chi connectivity index (χ1) is 14.1. The number of amides is 2. The zero-order valence-corrected chi connectivity index (χ0v) is 16.9. The van der Waals surface area contributed by atoms with Gasteiger partial charge in [0.2, 0.25) is 5.91 Å². The number of carbonyl (C=O) groups is 3. The fourth-order valence-electron chi connectivity index (χ4n) is 3.60. The van der Waals surface area contributed by atoms with E-state index in [1.54, 1.807) is 9.80 Å². The third-order valence-electron chi connectivity index (χ3n) is 5.29. The fraction of sp³-hybridized carbons (Fsp3) is 0.261. The van der Waals surface area contributed by atoms with E-state index in [-0.39, 0.29) is 30.4 Å². The Hall–Kier alpha value is -2.99. The number of thiophene rings is 1. The van der Waals surface area contributed by atoms with Crippen molar-refractivity contribution in [1.82, 2.24) is 9.80 Å². The lowest BCUT2D eigenvalue weighted by molar-refractivity contribution is -0.132. The van der Waals surface area contributed by atoms with E-state index >= 15 is 0 Å². The topological polar surface area (TPSA) is 57.7 Å². The number of Topliss-reactive ketones (excluding diaryl/α,β-unsaturated/α-hetero) is 1. The summed E-state index contributed by atoms with van der Waals surface area (Å²) >= 11 is 1.43. The molecule has 2 heterocycles. The molecular formula is C23H22N2O3S. The SMILES string of the molecule is O=C(CCC(=O)N1CCN(C(=O)c2cccs2)CC1)c1ccc2ccccc2c1. The van der Waals surface area contributed by atoms with Crippen LogP contribution in [0.1, 0.15) is 32.9 Å². The van der Waals surface area contributed by atoms with Crippen molar-refractivity contribution in [2.45, 2.75) is 12.8 Å². The third-order valence-corrected chi connectivity index (χ3v) is 6.15. The van der Waals surface area contributed by atoms with Crippen LogP contribution in [0.2, 0.25) is 0 Å². The number of fused-ring (bicyclic) bond motifs is 1. The molecule has 0 aliphatic carbocycles. The molecule has 0 unspecified atom stereocenters. The quantitative estimate of drug-likeness (QED) is 0.605. The minimum atomic E-state index is -0.0256. The Morgan fingerprint density at radius 3 is 2.24 bits per heavy atom. The number of rotatable bonds is 5. The van der Waals surface area contributed by atoms with Crippen molar-refractivity contribution in [3.05, 3.63) is 70.4 Å². The minimum absolute atomic E-state index is 0.0180. The van der Waals surface area contributed by atoms with Crippen molar-refractivity contribution in [3.8, 4) is 0 Å². The van der Waals surface area contributed by atoms with Gasteiger partial charge in [0.1, 0.15) is 0 Å². The van der Waals surface area contributed by atoms with Gasteiger partial charge in [-0.15, -0.1) is 11.3 Å². The summed E-state index contributed by atoms with van der Waals surface area (Å²) < 4.78 is 0. The smallest absolute Gasteiger partial charge is 0.264 e. The van der Waals surface area contributed by atoms with Crippen LogP contribution < -0.4 is 0 Å². The molecule has 1 fully saturated rings. The molecule has 4 rings (SSSR count). The van der Waals surface area contributed by atoms with Crippen molar-refractivity contribution in [2.24, 2.45) is 0 Å². The molecule has 0 saturated carbocycles. The van der Waals surface area contributed by atoms with Gasteiger partial charge >= 0.3 is 0 Å². The summed E-state index contributed by atoms with van der Waals surface area (Å²) in [4.78, 5) is 41.7. The Bertz CT molecular complexity index is 1040. The summed E-state index contributed by atoms with van der Waals surface area (Å²) in [5.74, 6) is -0.0171. The molecule has 1 aromatic heterocycles. The first-order valence-corrected chi connectivity index (χ1v) is 10.6. The molecular weight excluding hydrogens is 384 g/mol. The molecule has 1 aliphatic heterocycles. The van der Waals surface area contributed by atoms with E-state index in [0.717, 1.165) is 15.6 Å². The van der Waals surface area contributed by atoms with E-state index in [4.69, 9.17) is 0 Å². The lowest BCUT2D eigenvalue weighted by Crippen LogP contribution is -2.50. The summed E-state index contributed by atoms with van der Waals surface area (Å²) in [5.41, 5.74) is 0.642. The van der Waals surface area contributed by atoms with Crippen LogP contribution in [-0.4, -0.2) is 53.6 Å². The van der Waals surface area contributed by atoms with Crippen LogP contribution in [0.15, 0.2) is 60.0 Å². The molecule has 1 saturated heterocycles. The summed E-state index contributed by atoms with van der Waals surface area (Å²) in [6, 6.07) is 17.2. The second-order valence-electron chi connectivity index (χ2n) is 7.14. The highest BCUT2D eigenvalue weighted by atomic mass is 32.1. The zero-order chi connectivity index (χ0) is 20.2. The minimum Gasteiger partial charge on any atom is -0.339 e. The summed E-state index contributed by atoms with van der Waals surface area (Å²) in [7, 11) is 0. The zero-order valence-electron chi connectivity index (χ0n) is 16.0. The number of nitrogens with zero attached hydrogens (tertiary/aromatic N) is 2. The van der Waals surface area contributed by atoms with Gasteiger partial charge in [0.05, 0.1) is 4.88 Å². The van der Waals surface area contributed by atoms with Crippen LogP contribution in [0.3, 0.4) is 0 Å². The van der Waals surface area contributed by atoms with Gasteiger partial charge in [0.25, 0.3) is 5.91 Å². The second-order valence-corrected chi connectivity index (χ2v) is 8.08. The van der Waals surface area contributed by atoms with Gasteiger partial charge in [-0.2, -0.15) is 0 Å². The molecule has 0 N–H and O–H groups in total. The van der Waals surface area contributed by atoms with Crippen LogP contribution in [0.25, 0.3) is 10.8 Å². The molecule has 148 valence electrons. The maximum absolute atomic E-state index is 12.5. The van der Waals surface area contributed by atoms with E-state index in [1.165, 1.54) is 11.3 Å². The molecule has 2 amide bonds. The van der Waals surface area contributed by atoms with Crippen molar-refractivity contribution >= 4 is 39.7 Å². The van der Waals surface area contributed by atoms with Gasteiger partial charge in [-0.25, -0.2) is 0 Å². The number of hydrogen-bond acceptors (Lipinski definition) is 4. The van der Waals surface area contributed by atoms with Crippen LogP contribution in [0.4, 0.5) is 0 Å². The molecule has 1 aliphatic rings. The molecule has 0 radical (unpaired) electrons. The number of benzene rings is 2. The first-order valence-electron chi connectivity index (χ1n) is 9.74. The number of carbonyl (C=O) groups excluding carboxylic acids is 3. The molecule has 0 atom stereocenters. The highest BCUT2D eigenvalue weighted by Crippen LogP contribution is 2.18.